The zero-order valence-corrected chi connectivity index (χ0v) is 14.3. The van der Waals surface area contributed by atoms with Crippen molar-refractivity contribution in [3.63, 3.8) is 0 Å². The van der Waals surface area contributed by atoms with Gasteiger partial charge in [0.05, 0.1) is 6.61 Å². The highest BCUT2D eigenvalue weighted by molar-refractivity contribution is 5.91. The average Bonchev–Trinajstić information content (AvgIpc) is 3.08. The van der Waals surface area contributed by atoms with Crippen LogP contribution in [-0.2, 0) is 16.1 Å². The fourth-order valence-corrected chi connectivity index (χ4v) is 2.79. The number of rotatable bonds is 5. The molecule has 0 saturated carbocycles. The van der Waals surface area contributed by atoms with Crippen LogP contribution in [0.25, 0.3) is 0 Å². The maximum Gasteiger partial charge on any atom is 0.289 e. The predicted octanol–water partition coefficient (Wildman–Crippen LogP) is 2.09. The van der Waals surface area contributed by atoms with E-state index in [1.54, 1.807) is 21.9 Å². The third kappa shape index (κ3) is 4.48. The van der Waals surface area contributed by atoms with Crippen LogP contribution in [0, 0.1) is 6.92 Å². The monoisotopic (exact) mass is 342 g/mol. The normalized spacial score (nSPS) is 14.6. The van der Waals surface area contributed by atoms with Gasteiger partial charge in [-0.3, -0.25) is 9.59 Å². The first kappa shape index (κ1) is 17.2. The summed E-state index contributed by atoms with van der Waals surface area (Å²) < 4.78 is 10.9. The third-order valence-corrected chi connectivity index (χ3v) is 4.21. The smallest absolute Gasteiger partial charge is 0.289 e. The van der Waals surface area contributed by atoms with Crippen molar-refractivity contribution in [1.29, 1.82) is 0 Å². The molecular weight excluding hydrogens is 320 g/mol. The molecule has 0 N–H and O–H groups in total. The summed E-state index contributed by atoms with van der Waals surface area (Å²) in [6.07, 6.45) is 0. The highest BCUT2D eigenvalue weighted by Crippen LogP contribution is 2.12. The van der Waals surface area contributed by atoms with Crippen molar-refractivity contribution in [2.75, 3.05) is 32.8 Å². The van der Waals surface area contributed by atoms with Gasteiger partial charge in [0, 0.05) is 26.2 Å². The van der Waals surface area contributed by atoms with E-state index in [-0.39, 0.29) is 18.4 Å². The zero-order chi connectivity index (χ0) is 17.6. The van der Waals surface area contributed by atoms with Gasteiger partial charge in [-0.2, -0.15) is 0 Å². The number of carbonyl (C=O) groups is 2. The molecule has 1 aromatic carbocycles. The molecule has 25 heavy (non-hydrogen) atoms. The van der Waals surface area contributed by atoms with Gasteiger partial charge < -0.3 is 19.0 Å². The second-order valence-electron chi connectivity index (χ2n) is 6.06. The van der Waals surface area contributed by atoms with Crippen molar-refractivity contribution in [1.82, 2.24) is 9.80 Å². The lowest BCUT2D eigenvalue weighted by Gasteiger charge is -2.34. The van der Waals surface area contributed by atoms with Gasteiger partial charge in [0.1, 0.15) is 12.4 Å². The number of aryl methyl sites for hydroxylation is 1. The van der Waals surface area contributed by atoms with Crippen LogP contribution in [0.15, 0.2) is 46.9 Å². The first-order valence-electron chi connectivity index (χ1n) is 8.38. The first-order valence-corrected chi connectivity index (χ1v) is 8.38. The number of carbonyl (C=O) groups excluding carboxylic acids is 2. The van der Waals surface area contributed by atoms with Crippen LogP contribution < -0.4 is 0 Å². The van der Waals surface area contributed by atoms with Crippen LogP contribution in [0.3, 0.4) is 0 Å². The Morgan fingerprint density at radius 1 is 1.00 bits per heavy atom. The Bertz CT molecular complexity index is 718. The van der Waals surface area contributed by atoms with Crippen molar-refractivity contribution in [2.24, 2.45) is 0 Å². The molecule has 0 atom stereocenters. The van der Waals surface area contributed by atoms with E-state index in [2.05, 4.69) is 0 Å². The molecule has 0 radical (unpaired) electrons. The molecule has 0 bridgehead atoms. The van der Waals surface area contributed by atoms with E-state index in [4.69, 9.17) is 9.15 Å². The van der Waals surface area contributed by atoms with Crippen LogP contribution in [0.5, 0.6) is 0 Å². The van der Waals surface area contributed by atoms with Crippen LogP contribution in [0.1, 0.15) is 21.9 Å². The molecule has 3 rings (SSSR count). The summed E-state index contributed by atoms with van der Waals surface area (Å²) in [4.78, 5) is 28.0. The number of piperazine rings is 1. The minimum Gasteiger partial charge on any atom is -0.456 e. The maximum absolute atomic E-state index is 12.3. The second kappa shape index (κ2) is 7.98. The fourth-order valence-electron chi connectivity index (χ4n) is 2.79. The minimum atomic E-state index is -0.125. The van der Waals surface area contributed by atoms with E-state index in [9.17, 15) is 9.59 Å². The number of hydrogen-bond acceptors (Lipinski definition) is 4. The maximum atomic E-state index is 12.3. The third-order valence-electron chi connectivity index (χ3n) is 4.21. The number of hydrogen-bond donors (Lipinski definition) is 0. The molecule has 6 nitrogen and oxygen atoms in total. The van der Waals surface area contributed by atoms with Crippen LogP contribution in [0.4, 0.5) is 0 Å². The van der Waals surface area contributed by atoms with Crippen molar-refractivity contribution in [2.45, 2.75) is 13.5 Å². The Balaban J connectivity index is 1.42. The number of ether oxygens (including phenoxy) is 1. The molecule has 0 spiro atoms. The summed E-state index contributed by atoms with van der Waals surface area (Å²) in [5, 5.41) is 0. The van der Waals surface area contributed by atoms with Gasteiger partial charge >= 0.3 is 0 Å². The first-order chi connectivity index (χ1) is 12.1. The van der Waals surface area contributed by atoms with Gasteiger partial charge in [0.25, 0.3) is 5.91 Å². The average molecular weight is 342 g/mol. The van der Waals surface area contributed by atoms with E-state index in [0.29, 0.717) is 44.3 Å². The molecule has 1 fully saturated rings. The molecule has 1 aromatic heterocycles. The minimum absolute atomic E-state index is 0.0446. The number of nitrogens with zero attached hydrogens (tertiary/aromatic N) is 2. The van der Waals surface area contributed by atoms with Crippen molar-refractivity contribution >= 4 is 11.8 Å². The lowest BCUT2D eigenvalue weighted by atomic mass is 10.2. The van der Waals surface area contributed by atoms with Gasteiger partial charge in [-0.15, -0.1) is 0 Å². The zero-order valence-electron chi connectivity index (χ0n) is 14.3. The van der Waals surface area contributed by atoms with Crippen molar-refractivity contribution < 1.29 is 18.7 Å². The topological polar surface area (TPSA) is 63.0 Å². The summed E-state index contributed by atoms with van der Waals surface area (Å²) >= 11 is 0. The summed E-state index contributed by atoms with van der Waals surface area (Å²) in [5.74, 6) is 0.897. The van der Waals surface area contributed by atoms with E-state index < -0.39 is 0 Å². The SMILES string of the molecule is Cc1ccc(C(=O)N2CCN(C(=O)COCc3ccccc3)CC2)o1. The molecule has 6 heteroatoms. The molecule has 0 unspecified atom stereocenters. The van der Waals surface area contributed by atoms with Crippen LogP contribution in [-0.4, -0.2) is 54.4 Å². The fraction of sp³-hybridized carbons (Fsp3) is 0.368. The van der Waals surface area contributed by atoms with Gasteiger partial charge in [-0.05, 0) is 24.6 Å². The van der Waals surface area contributed by atoms with E-state index in [0.717, 1.165) is 5.56 Å². The second-order valence-corrected chi connectivity index (χ2v) is 6.06. The predicted molar refractivity (Wildman–Crippen MR) is 92.0 cm³/mol. The molecule has 1 aliphatic rings. The highest BCUT2D eigenvalue weighted by Gasteiger charge is 2.26. The molecular formula is C19H22N2O4. The highest BCUT2D eigenvalue weighted by atomic mass is 16.5. The van der Waals surface area contributed by atoms with Gasteiger partial charge in [0.2, 0.25) is 5.91 Å². The van der Waals surface area contributed by atoms with E-state index in [1.165, 1.54) is 0 Å². The van der Waals surface area contributed by atoms with E-state index in [1.807, 2.05) is 37.3 Å². The summed E-state index contributed by atoms with van der Waals surface area (Å²) in [6, 6.07) is 13.2. The van der Waals surface area contributed by atoms with Crippen LogP contribution >= 0.6 is 0 Å². The molecule has 2 amide bonds. The van der Waals surface area contributed by atoms with Gasteiger partial charge in [-0.25, -0.2) is 0 Å². The Hall–Kier alpha value is -2.60. The summed E-state index contributed by atoms with van der Waals surface area (Å²) in [7, 11) is 0. The Morgan fingerprint density at radius 3 is 2.32 bits per heavy atom. The summed E-state index contributed by atoms with van der Waals surface area (Å²) in [6.45, 7) is 4.32. The molecule has 2 aromatic rings. The standard InChI is InChI=1S/C19H22N2O4/c1-15-7-8-17(25-15)19(23)21-11-9-20(10-12-21)18(22)14-24-13-16-5-3-2-4-6-16/h2-8H,9-14H2,1H3. The van der Waals surface area contributed by atoms with Gasteiger partial charge in [0.15, 0.2) is 5.76 Å². The van der Waals surface area contributed by atoms with Crippen molar-refractivity contribution in [3.8, 4) is 0 Å². The lowest BCUT2D eigenvalue weighted by Crippen LogP contribution is -2.51. The Morgan fingerprint density at radius 2 is 1.68 bits per heavy atom. The number of amides is 2. The molecule has 2 heterocycles. The lowest BCUT2D eigenvalue weighted by molar-refractivity contribution is -0.138. The largest absolute Gasteiger partial charge is 0.456 e. The van der Waals surface area contributed by atoms with E-state index >= 15 is 0 Å². The molecule has 132 valence electrons. The van der Waals surface area contributed by atoms with Gasteiger partial charge in [-0.1, -0.05) is 30.3 Å². The van der Waals surface area contributed by atoms with Crippen LogP contribution in [0.2, 0.25) is 0 Å². The Kier molecular flexibility index (Phi) is 5.50. The number of furan rings is 1. The molecule has 0 aliphatic carbocycles. The van der Waals surface area contributed by atoms with Crippen molar-refractivity contribution in [3.05, 3.63) is 59.5 Å². The quantitative estimate of drug-likeness (QED) is 0.835. The number of benzene rings is 1. The summed E-state index contributed by atoms with van der Waals surface area (Å²) in [5.41, 5.74) is 1.04. The molecule has 1 saturated heterocycles. The molecule has 1 aliphatic heterocycles. The Labute approximate surface area is 147 Å².